The van der Waals surface area contributed by atoms with E-state index in [1.807, 2.05) is 42.5 Å². The average molecular weight is 876 g/mol. The number of imidazole rings is 1. The first-order valence-electron chi connectivity index (χ1n) is 17.5. The van der Waals surface area contributed by atoms with Crippen LogP contribution in [-0.2, 0) is 21.1 Å². The predicted octanol–water partition coefficient (Wildman–Crippen LogP) is 9.79. The number of para-hydroxylation sites is 3. The van der Waals surface area contributed by atoms with Gasteiger partial charge in [0.2, 0.25) is 6.20 Å². The molecule has 6 heteroatoms. The maximum Gasteiger partial charge on any atom is 0.268 e. The van der Waals surface area contributed by atoms with Gasteiger partial charge in [-0.15, -0.1) is 18.2 Å². The summed E-state index contributed by atoms with van der Waals surface area (Å²) in [6, 6.07) is 61.3. The number of nitrogens with zero attached hydrogens (tertiary/aromatic N) is 3. The zero-order chi connectivity index (χ0) is 35.3. The summed E-state index contributed by atoms with van der Waals surface area (Å²) in [7, 11) is 0. The van der Waals surface area contributed by atoms with Crippen molar-refractivity contribution in [2.45, 2.75) is 0 Å². The molecule has 5 nitrogen and oxygen atoms in total. The minimum Gasteiger partial charge on any atom is -0.517 e. The maximum absolute atomic E-state index is 10.5. The van der Waals surface area contributed by atoms with Crippen molar-refractivity contribution in [2.75, 3.05) is 0 Å². The van der Waals surface area contributed by atoms with Crippen LogP contribution in [0.2, 0.25) is 0 Å². The maximum atomic E-state index is 10.5. The molecule has 260 valence electrons. The summed E-state index contributed by atoms with van der Waals surface area (Å²) in [4.78, 5) is 6.29. The molecule has 0 amide bonds. The van der Waals surface area contributed by atoms with Gasteiger partial charge in [-0.25, -0.2) is 0 Å². The number of aromatic nitrogens is 3. The Morgan fingerprint density at radius 3 is 1.87 bits per heavy atom. The van der Waals surface area contributed by atoms with Crippen LogP contribution in [0.25, 0.3) is 78.0 Å². The number of rotatable bonds is 5. The second-order valence-corrected chi connectivity index (χ2v) is 13.0. The standard InChI is InChI=1S/C48H30N3O2.Pt/c52-46-28-9-8-19-37(46)34-16-13-29-49(31-34)53-36-18-10-17-35(30-36)50-32-51-47-38(33-14-2-1-3-15-33)24-11-25-43(47)41-22-6-4-20-39(41)40-21-5-7-23-42(40)44-26-12-27-45(50)48(44)51;/h1-29,52H;/q-1;. The van der Waals surface area contributed by atoms with Crippen LogP contribution in [0.4, 0.5) is 0 Å². The zero-order valence-corrected chi connectivity index (χ0v) is 31.0. The molecular weight excluding hydrogens is 846 g/mol. The van der Waals surface area contributed by atoms with Crippen molar-refractivity contribution >= 4 is 11.0 Å². The fourth-order valence-corrected chi connectivity index (χ4v) is 7.51. The first-order valence-corrected chi connectivity index (χ1v) is 17.5. The molecule has 0 unspecified atom stereocenters. The summed E-state index contributed by atoms with van der Waals surface area (Å²) in [5, 5.41) is 10.5. The third-order valence-electron chi connectivity index (χ3n) is 9.85. The molecule has 0 bridgehead atoms. The first-order chi connectivity index (χ1) is 26.2. The molecule has 0 atom stereocenters. The predicted molar refractivity (Wildman–Crippen MR) is 206 cm³/mol. The Hall–Kier alpha value is -6.55. The Bertz CT molecular complexity index is 2850. The van der Waals surface area contributed by atoms with Gasteiger partial charge in [0.05, 0.1) is 28.2 Å². The summed E-state index contributed by atoms with van der Waals surface area (Å²) < 4.78 is 5.82. The van der Waals surface area contributed by atoms with E-state index in [9.17, 15) is 5.11 Å². The molecule has 0 fully saturated rings. The van der Waals surface area contributed by atoms with Crippen LogP contribution in [0.15, 0.2) is 176 Å². The van der Waals surface area contributed by atoms with Crippen LogP contribution in [-0.4, -0.2) is 9.67 Å². The van der Waals surface area contributed by atoms with E-state index in [4.69, 9.17) is 4.84 Å². The molecule has 2 aromatic heterocycles. The van der Waals surface area contributed by atoms with Gasteiger partial charge in [-0.05, 0) is 56.3 Å². The van der Waals surface area contributed by atoms with E-state index >= 15 is 0 Å². The van der Waals surface area contributed by atoms with Crippen molar-refractivity contribution in [3.63, 3.8) is 0 Å². The van der Waals surface area contributed by atoms with Crippen LogP contribution in [0.5, 0.6) is 11.5 Å². The molecule has 0 radical (unpaired) electrons. The smallest absolute Gasteiger partial charge is 0.268 e. The van der Waals surface area contributed by atoms with E-state index in [0.29, 0.717) is 16.9 Å². The molecule has 0 saturated carbocycles. The molecule has 9 aromatic rings. The third-order valence-corrected chi connectivity index (χ3v) is 9.85. The first kappa shape index (κ1) is 33.3. The zero-order valence-electron chi connectivity index (χ0n) is 28.8. The molecule has 1 aliphatic rings. The molecule has 0 aliphatic carbocycles. The van der Waals surface area contributed by atoms with Crippen LogP contribution in [0.1, 0.15) is 0 Å². The number of fused-ring (bicyclic) bond motifs is 7. The summed E-state index contributed by atoms with van der Waals surface area (Å²) in [5.41, 5.74) is 14.3. The van der Waals surface area contributed by atoms with Crippen LogP contribution in [0.3, 0.4) is 0 Å². The number of hydrogen-bond donors (Lipinski definition) is 1. The van der Waals surface area contributed by atoms with E-state index < -0.39 is 0 Å². The van der Waals surface area contributed by atoms with Crippen LogP contribution >= 0.6 is 0 Å². The quantitative estimate of drug-likeness (QED) is 0.138. The van der Waals surface area contributed by atoms with Gasteiger partial charge in [0, 0.05) is 21.1 Å². The van der Waals surface area contributed by atoms with E-state index in [1.54, 1.807) is 18.3 Å². The number of benzene rings is 7. The average Bonchev–Trinajstić information content (AvgIpc) is 3.62. The van der Waals surface area contributed by atoms with Gasteiger partial charge in [0.15, 0.2) is 0 Å². The Balaban J connectivity index is 0.00000384. The summed E-state index contributed by atoms with van der Waals surface area (Å²) in [6.07, 6.45) is 8.81. The van der Waals surface area contributed by atoms with Gasteiger partial charge >= 0.3 is 0 Å². The van der Waals surface area contributed by atoms with Gasteiger partial charge < -0.3 is 9.67 Å². The second kappa shape index (κ2) is 13.8. The van der Waals surface area contributed by atoms with Crippen molar-refractivity contribution < 1.29 is 40.3 Å². The van der Waals surface area contributed by atoms with Crippen molar-refractivity contribution in [1.29, 1.82) is 0 Å². The number of phenolic OH excluding ortho intramolecular Hbond substituents is 1. The number of aromatic hydroxyl groups is 1. The molecule has 54 heavy (non-hydrogen) atoms. The number of phenols is 1. The molecule has 3 heterocycles. The van der Waals surface area contributed by atoms with E-state index in [0.717, 1.165) is 55.8 Å². The third kappa shape index (κ3) is 5.62. The summed E-state index contributed by atoms with van der Waals surface area (Å²) >= 11 is 0. The van der Waals surface area contributed by atoms with Gasteiger partial charge in [0.1, 0.15) is 6.20 Å². The van der Waals surface area contributed by atoms with Crippen molar-refractivity contribution in [3.8, 4) is 78.5 Å². The number of hydrogen-bond acceptors (Lipinski definition) is 2. The normalized spacial score (nSPS) is 11.3. The fraction of sp³-hybridized carbons (Fsp3) is 0. The van der Waals surface area contributed by atoms with Gasteiger partial charge in [-0.2, -0.15) is 12.1 Å². The topological polar surface area (TPSA) is 42.2 Å². The van der Waals surface area contributed by atoms with Crippen molar-refractivity contribution in [2.24, 2.45) is 0 Å². The van der Waals surface area contributed by atoms with Gasteiger partial charge in [-0.1, -0.05) is 155 Å². The fourth-order valence-electron chi connectivity index (χ4n) is 7.51. The van der Waals surface area contributed by atoms with E-state index in [-0.39, 0.29) is 26.8 Å². The van der Waals surface area contributed by atoms with Crippen molar-refractivity contribution in [1.82, 2.24) is 4.57 Å². The molecule has 7 aromatic carbocycles. The Morgan fingerprint density at radius 2 is 1.11 bits per heavy atom. The minimum absolute atomic E-state index is 0. The van der Waals surface area contributed by atoms with E-state index in [1.165, 1.54) is 15.9 Å². The van der Waals surface area contributed by atoms with Crippen LogP contribution < -0.4 is 14.1 Å². The second-order valence-electron chi connectivity index (χ2n) is 13.0. The summed E-state index contributed by atoms with van der Waals surface area (Å²) in [6.45, 7) is 0. The molecular formula is C48H30N3O2Pt-. The van der Waals surface area contributed by atoms with Gasteiger partial charge in [-0.3, -0.25) is 9.40 Å². The Labute approximate surface area is 327 Å². The molecule has 0 spiro atoms. The van der Waals surface area contributed by atoms with Gasteiger partial charge in [0.25, 0.3) is 6.33 Å². The monoisotopic (exact) mass is 875 g/mol. The largest absolute Gasteiger partial charge is 0.517 e. The molecule has 1 aliphatic heterocycles. The minimum atomic E-state index is 0. The Morgan fingerprint density at radius 1 is 0.519 bits per heavy atom. The van der Waals surface area contributed by atoms with Crippen LogP contribution in [0, 0.1) is 18.6 Å². The summed E-state index contributed by atoms with van der Waals surface area (Å²) in [5.74, 6) is 0.683. The molecule has 1 N–H and O–H groups in total. The number of pyridine rings is 1. The van der Waals surface area contributed by atoms with E-state index in [2.05, 4.69) is 143 Å². The molecule has 10 rings (SSSR count). The Kier molecular flexibility index (Phi) is 8.49. The SMILES string of the molecule is Oc1ccccc1-c1[c-][n+](Oc2[c-]c(-n3[c-][n+]4c5c(cccc53)-c3ccccc3-c3ccccc3-c3cccc(-c5ccccc5)c3-4)ccc2)ccc1.[Pt]. The van der Waals surface area contributed by atoms with Crippen molar-refractivity contribution in [3.05, 3.63) is 195 Å². The molecule has 0 saturated heterocycles.